The highest BCUT2D eigenvalue weighted by Gasteiger charge is 2.13. The summed E-state index contributed by atoms with van der Waals surface area (Å²) in [5.74, 6) is 0.137. The van der Waals surface area contributed by atoms with Crippen molar-refractivity contribution in [3.05, 3.63) is 36.0 Å². The zero-order valence-electron chi connectivity index (χ0n) is 10.6. The van der Waals surface area contributed by atoms with Crippen molar-refractivity contribution in [2.24, 2.45) is 0 Å². The highest BCUT2D eigenvalue weighted by Crippen LogP contribution is 2.28. The van der Waals surface area contributed by atoms with Crippen molar-refractivity contribution >= 4 is 10.9 Å². The van der Waals surface area contributed by atoms with Gasteiger partial charge in [-0.1, -0.05) is 26.0 Å². The zero-order chi connectivity index (χ0) is 13.1. The Morgan fingerprint density at radius 2 is 2.06 bits per heavy atom. The fourth-order valence-corrected chi connectivity index (χ4v) is 1.93. The first-order chi connectivity index (χ1) is 8.59. The van der Waals surface area contributed by atoms with E-state index in [1.807, 2.05) is 19.9 Å². The number of hydrogen-bond donors (Lipinski definition) is 3. The summed E-state index contributed by atoms with van der Waals surface area (Å²) in [7, 11) is 0. The van der Waals surface area contributed by atoms with Gasteiger partial charge in [-0.3, -0.25) is 4.98 Å². The lowest BCUT2D eigenvalue weighted by molar-refractivity contribution is 0.173. The maximum Gasteiger partial charge on any atom is 0.141 e. The van der Waals surface area contributed by atoms with Crippen molar-refractivity contribution in [2.75, 3.05) is 6.54 Å². The molecule has 0 saturated heterocycles. The molecule has 2 rings (SSSR count). The molecule has 18 heavy (non-hydrogen) atoms. The van der Waals surface area contributed by atoms with Crippen molar-refractivity contribution in [3.8, 4) is 5.75 Å². The summed E-state index contributed by atoms with van der Waals surface area (Å²) < 4.78 is 0. The SMILES string of the molecule is CC(C)NC[C@@H](O)c1ccc(O)c2ncccc12. The molecule has 0 unspecified atom stereocenters. The second-order valence-corrected chi connectivity index (χ2v) is 4.65. The van der Waals surface area contributed by atoms with Crippen molar-refractivity contribution < 1.29 is 10.2 Å². The molecule has 0 aliphatic heterocycles. The van der Waals surface area contributed by atoms with Crippen LogP contribution >= 0.6 is 0 Å². The van der Waals surface area contributed by atoms with Crippen LogP contribution in [0, 0.1) is 0 Å². The van der Waals surface area contributed by atoms with Crippen molar-refractivity contribution in [3.63, 3.8) is 0 Å². The number of rotatable bonds is 4. The number of nitrogens with zero attached hydrogens (tertiary/aromatic N) is 1. The molecule has 0 saturated carbocycles. The number of aromatic hydroxyl groups is 1. The molecule has 0 bridgehead atoms. The summed E-state index contributed by atoms with van der Waals surface area (Å²) in [6.07, 6.45) is 1.02. The van der Waals surface area contributed by atoms with Gasteiger partial charge >= 0.3 is 0 Å². The van der Waals surface area contributed by atoms with Crippen LogP contribution in [0.3, 0.4) is 0 Å². The predicted molar refractivity (Wildman–Crippen MR) is 71.5 cm³/mol. The van der Waals surface area contributed by atoms with Crippen molar-refractivity contribution in [2.45, 2.75) is 26.0 Å². The van der Waals surface area contributed by atoms with E-state index in [4.69, 9.17) is 0 Å². The average Bonchev–Trinajstić information content (AvgIpc) is 2.37. The van der Waals surface area contributed by atoms with Gasteiger partial charge in [0.25, 0.3) is 0 Å². The maximum absolute atomic E-state index is 10.2. The number of aliphatic hydroxyl groups excluding tert-OH is 1. The van der Waals surface area contributed by atoms with E-state index in [-0.39, 0.29) is 5.75 Å². The number of phenols is 1. The predicted octanol–water partition coefficient (Wildman–Crippen LogP) is 1.97. The monoisotopic (exact) mass is 246 g/mol. The molecule has 3 N–H and O–H groups in total. The second-order valence-electron chi connectivity index (χ2n) is 4.65. The van der Waals surface area contributed by atoms with Gasteiger partial charge in [0.1, 0.15) is 11.3 Å². The molecule has 96 valence electrons. The third-order valence-corrected chi connectivity index (χ3v) is 2.86. The molecular formula is C14H18N2O2. The van der Waals surface area contributed by atoms with Gasteiger partial charge in [-0.05, 0) is 17.7 Å². The maximum atomic E-state index is 10.2. The molecule has 1 aromatic heterocycles. The normalized spacial score (nSPS) is 13.1. The summed E-state index contributed by atoms with van der Waals surface area (Å²) in [6.45, 7) is 4.54. The van der Waals surface area contributed by atoms with E-state index in [1.165, 1.54) is 0 Å². The third kappa shape index (κ3) is 2.60. The minimum Gasteiger partial charge on any atom is -0.506 e. The summed E-state index contributed by atoms with van der Waals surface area (Å²) in [5, 5.41) is 23.9. The van der Waals surface area contributed by atoms with E-state index >= 15 is 0 Å². The van der Waals surface area contributed by atoms with Crippen LogP contribution in [0.5, 0.6) is 5.75 Å². The van der Waals surface area contributed by atoms with E-state index < -0.39 is 6.10 Å². The van der Waals surface area contributed by atoms with Crippen LogP contribution in [-0.4, -0.2) is 27.8 Å². The summed E-state index contributed by atoms with van der Waals surface area (Å²) in [5.41, 5.74) is 1.31. The summed E-state index contributed by atoms with van der Waals surface area (Å²) >= 11 is 0. The number of benzene rings is 1. The van der Waals surface area contributed by atoms with Gasteiger partial charge in [0.05, 0.1) is 6.10 Å². The van der Waals surface area contributed by atoms with Crippen LogP contribution < -0.4 is 5.32 Å². The topological polar surface area (TPSA) is 65.4 Å². The largest absolute Gasteiger partial charge is 0.506 e. The average molecular weight is 246 g/mol. The number of pyridine rings is 1. The summed E-state index contributed by atoms with van der Waals surface area (Å²) in [6, 6.07) is 7.29. The molecule has 2 aromatic rings. The van der Waals surface area contributed by atoms with Crippen LogP contribution in [0.4, 0.5) is 0 Å². The quantitative estimate of drug-likeness (QED) is 0.771. The molecule has 0 fully saturated rings. The number of phenolic OH excluding ortho intramolecular Hbond substituents is 1. The van der Waals surface area contributed by atoms with Gasteiger partial charge in [-0.2, -0.15) is 0 Å². The van der Waals surface area contributed by atoms with E-state index in [9.17, 15) is 10.2 Å². The lowest BCUT2D eigenvalue weighted by atomic mass is 10.0. The Balaban J connectivity index is 2.36. The second kappa shape index (κ2) is 5.33. The fraction of sp³-hybridized carbons (Fsp3) is 0.357. The fourth-order valence-electron chi connectivity index (χ4n) is 1.93. The minimum absolute atomic E-state index is 0.137. The van der Waals surface area contributed by atoms with E-state index in [2.05, 4.69) is 10.3 Å². The van der Waals surface area contributed by atoms with Gasteiger partial charge in [0, 0.05) is 24.2 Å². The molecule has 1 aromatic carbocycles. The Morgan fingerprint density at radius 1 is 1.28 bits per heavy atom. The van der Waals surface area contributed by atoms with Gasteiger partial charge in [0.2, 0.25) is 0 Å². The van der Waals surface area contributed by atoms with Gasteiger partial charge in [-0.25, -0.2) is 0 Å². The van der Waals surface area contributed by atoms with E-state index in [1.54, 1.807) is 24.4 Å². The minimum atomic E-state index is -0.611. The van der Waals surface area contributed by atoms with Crippen molar-refractivity contribution in [1.82, 2.24) is 10.3 Å². The third-order valence-electron chi connectivity index (χ3n) is 2.86. The van der Waals surface area contributed by atoms with Crippen LogP contribution in [0.2, 0.25) is 0 Å². The van der Waals surface area contributed by atoms with Crippen LogP contribution in [0.1, 0.15) is 25.5 Å². The van der Waals surface area contributed by atoms with Gasteiger partial charge in [0.15, 0.2) is 0 Å². The first-order valence-electron chi connectivity index (χ1n) is 6.07. The zero-order valence-corrected chi connectivity index (χ0v) is 10.6. The molecule has 1 heterocycles. The summed E-state index contributed by atoms with van der Waals surface area (Å²) in [4.78, 5) is 4.14. The van der Waals surface area contributed by atoms with Crippen LogP contribution in [-0.2, 0) is 0 Å². The molecule has 0 radical (unpaired) electrons. The number of nitrogens with one attached hydrogen (secondary N) is 1. The highest BCUT2D eigenvalue weighted by molar-refractivity contribution is 5.87. The molecule has 0 aliphatic rings. The number of fused-ring (bicyclic) bond motifs is 1. The molecule has 4 heteroatoms. The Morgan fingerprint density at radius 3 is 2.78 bits per heavy atom. The molecule has 0 amide bonds. The molecule has 1 atom stereocenters. The molecule has 0 spiro atoms. The Kier molecular flexibility index (Phi) is 3.79. The van der Waals surface area contributed by atoms with Gasteiger partial charge < -0.3 is 15.5 Å². The Bertz CT molecular complexity index is 540. The smallest absolute Gasteiger partial charge is 0.141 e. The number of aliphatic hydroxyl groups is 1. The first kappa shape index (κ1) is 12.8. The number of hydrogen-bond acceptors (Lipinski definition) is 4. The Hall–Kier alpha value is -1.65. The molecule has 0 aliphatic carbocycles. The van der Waals surface area contributed by atoms with Crippen molar-refractivity contribution in [1.29, 1.82) is 0 Å². The van der Waals surface area contributed by atoms with Crippen LogP contribution in [0.15, 0.2) is 30.5 Å². The first-order valence-corrected chi connectivity index (χ1v) is 6.07. The Labute approximate surface area is 106 Å². The lowest BCUT2D eigenvalue weighted by Gasteiger charge is -2.16. The standard InChI is InChI=1S/C14H18N2O2/c1-9(2)16-8-13(18)10-5-6-12(17)14-11(10)4-3-7-15-14/h3-7,9,13,16-18H,8H2,1-2H3/t13-/m1/s1. The highest BCUT2D eigenvalue weighted by atomic mass is 16.3. The molecule has 4 nitrogen and oxygen atoms in total. The number of aromatic nitrogens is 1. The van der Waals surface area contributed by atoms with E-state index in [0.29, 0.717) is 18.1 Å². The van der Waals surface area contributed by atoms with Crippen LogP contribution in [0.25, 0.3) is 10.9 Å². The lowest BCUT2D eigenvalue weighted by Crippen LogP contribution is -2.28. The molecular weight excluding hydrogens is 228 g/mol. The van der Waals surface area contributed by atoms with E-state index in [0.717, 1.165) is 10.9 Å². The van der Waals surface area contributed by atoms with Gasteiger partial charge in [-0.15, -0.1) is 0 Å².